The second kappa shape index (κ2) is 5.62. The van der Waals surface area contributed by atoms with Gasteiger partial charge in [-0.2, -0.15) is 0 Å². The molecule has 0 radical (unpaired) electrons. The fourth-order valence-corrected chi connectivity index (χ4v) is 2.14. The number of rotatable bonds is 3. The molecule has 0 aromatic rings. The van der Waals surface area contributed by atoms with Crippen LogP contribution in [0.2, 0.25) is 0 Å². The summed E-state index contributed by atoms with van der Waals surface area (Å²) in [6.07, 6.45) is 7.22. The molecule has 3 heteroatoms. The smallest absolute Gasteiger partial charge is 0.328 e. The van der Waals surface area contributed by atoms with Gasteiger partial charge in [-0.3, -0.25) is 4.79 Å². The molecule has 1 rings (SSSR count). The van der Waals surface area contributed by atoms with Crippen LogP contribution in [0.4, 0.5) is 0 Å². The number of allylic oxidation sites excluding steroid dienone is 5. The molecule has 0 saturated heterocycles. The minimum Gasteiger partial charge on any atom is -0.478 e. The largest absolute Gasteiger partial charge is 0.478 e. The van der Waals surface area contributed by atoms with Crippen molar-refractivity contribution in [1.29, 1.82) is 0 Å². The third-order valence-electron chi connectivity index (χ3n) is 2.97. The fraction of sp³-hybridized carbons (Fsp3) is 0.429. The second-order valence-electron chi connectivity index (χ2n) is 4.65. The van der Waals surface area contributed by atoms with E-state index in [-0.39, 0.29) is 17.6 Å². The van der Waals surface area contributed by atoms with Crippen molar-refractivity contribution in [2.45, 2.75) is 27.2 Å². The molecule has 0 fully saturated rings. The first-order valence-electron chi connectivity index (χ1n) is 5.70. The highest BCUT2D eigenvalue weighted by Gasteiger charge is 2.23. The van der Waals surface area contributed by atoms with E-state index >= 15 is 0 Å². The molecule has 0 bridgehead atoms. The fourth-order valence-electron chi connectivity index (χ4n) is 2.14. The van der Waals surface area contributed by atoms with Crippen molar-refractivity contribution >= 4 is 11.8 Å². The lowest BCUT2D eigenvalue weighted by Gasteiger charge is -2.25. The van der Waals surface area contributed by atoms with Gasteiger partial charge in [0.05, 0.1) is 0 Å². The lowest BCUT2D eigenvalue weighted by atomic mass is 9.79. The molecule has 0 heterocycles. The van der Waals surface area contributed by atoms with Gasteiger partial charge in [0.2, 0.25) is 0 Å². The zero-order valence-corrected chi connectivity index (χ0v) is 10.4. The van der Waals surface area contributed by atoms with Gasteiger partial charge in [0.15, 0.2) is 5.78 Å². The molecule has 0 aliphatic heterocycles. The topological polar surface area (TPSA) is 54.4 Å². The van der Waals surface area contributed by atoms with Crippen LogP contribution in [0.1, 0.15) is 27.2 Å². The minimum absolute atomic E-state index is 0.178. The Morgan fingerprint density at radius 2 is 2.18 bits per heavy atom. The lowest BCUT2D eigenvalue weighted by Crippen LogP contribution is -2.20. The van der Waals surface area contributed by atoms with Crippen molar-refractivity contribution in [2.24, 2.45) is 11.8 Å². The molecule has 92 valence electrons. The number of ketones is 1. The monoisotopic (exact) mass is 234 g/mol. The Morgan fingerprint density at radius 3 is 2.71 bits per heavy atom. The average molecular weight is 234 g/mol. The summed E-state index contributed by atoms with van der Waals surface area (Å²) >= 11 is 0. The molecule has 3 nitrogen and oxygen atoms in total. The lowest BCUT2D eigenvalue weighted by molar-refractivity contribution is -0.131. The Labute approximate surface area is 102 Å². The maximum Gasteiger partial charge on any atom is 0.328 e. The van der Waals surface area contributed by atoms with Crippen LogP contribution in [0.25, 0.3) is 0 Å². The normalized spacial score (nSPS) is 26.2. The van der Waals surface area contributed by atoms with Gasteiger partial charge in [-0.05, 0) is 31.4 Å². The zero-order valence-electron chi connectivity index (χ0n) is 10.4. The highest BCUT2D eigenvalue weighted by Crippen LogP contribution is 2.29. The van der Waals surface area contributed by atoms with E-state index in [0.29, 0.717) is 12.0 Å². The Morgan fingerprint density at radius 1 is 1.53 bits per heavy atom. The Kier molecular flexibility index (Phi) is 4.44. The van der Waals surface area contributed by atoms with Crippen LogP contribution < -0.4 is 0 Å². The highest BCUT2D eigenvalue weighted by molar-refractivity contribution is 5.91. The van der Waals surface area contributed by atoms with Crippen LogP contribution in [0.15, 0.2) is 35.5 Å². The minimum atomic E-state index is -0.939. The molecular formula is C14H18O3. The molecule has 1 N–H and O–H groups in total. The Bertz CT molecular complexity index is 413. The van der Waals surface area contributed by atoms with E-state index in [0.717, 1.165) is 5.57 Å². The van der Waals surface area contributed by atoms with Gasteiger partial charge in [-0.1, -0.05) is 24.6 Å². The van der Waals surface area contributed by atoms with Crippen molar-refractivity contribution in [2.75, 3.05) is 0 Å². The van der Waals surface area contributed by atoms with Gasteiger partial charge in [-0.15, -0.1) is 0 Å². The highest BCUT2D eigenvalue weighted by atomic mass is 16.4. The summed E-state index contributed by atoms with van der Waals surface area (Å²) in [5, 5.41) is 8.59. The van der Waals surface area contributed by atoms with Crippen LogP contribution in [-0.4, -0.2) is 16.9 Å². The molecule has 0 aromatic heterocycles. The van der Waals surface area contributed by atoms with Gasteiger partial charge < -0.3 is 5.11 Å². The average Bonchev–Trinajstić information content (AvgIpc) is 2.14. The van der Waals surface area contributed by atoms with E-state index in [4.69, 9.17) is 5.11 Å². The van der Waals surface area contributed by atoms with Crippen molar-refractivity contribution < 1.29 is 14.7 Å². The van der Waals surface area contributed by atoms with Crippen LogP contribution in [0.5, 0.6) is 0 Å². The van der Waals surface area contributed by atoms with Gasteiger partial charge in [-0.25, -0.2) is 4.79 Å². The number of carbonyl (C=O) groups is 2. The summed E-state index contributed by atoms with van der Waals surface area (Å²) < 4.78 is 0. The molecular weight excluding hydrogens is 216 g/mol. The van der Waals surface area contributed by atoms with E-state index in [9.17, 15) is 9.59 Å². The SMILES string of the molecule is CC1=CC(=O)CC(C)[C@H]1/C=C/C(C)=C\C(=O)O. The predicted molar refractivity (Wildman–Crippen MR) is 66.6 cm³/mol. The summed E-state index contributed by atoms with van der Waals surface area (Å²) in [7, 11) is 0. The summed E-state index contributed by atoms with van der Waals surface area (Å²) in [6.45, 7) is 5.74. The van der Waals surface area contributed by atoms with Gasteiger partial charge in [0, 0.05) is 18.4 Å². The first kappa shape index (κ1) is 13.4. The Hall–Kier alpha value is -1.64. The summed E-state index contributed by atoms with van der Waals surface area (Å²) in [4.78, 5) is 21.8. The molecule has 1 aliphatic carbocycles. The third kappa shape index (κ3) is 4.02. The number of carbonyl (C=O) groups excluding carboxylic acids is 1. The predicted octanol–water partition coefficient (Wildman–Crippen LogP) is 2.74. The van der Waals surface area contributed by atoms with E-state index in [1.165, 1.54) is 6.08 Å². The number of hydrogen-bond acceptors (Lipinski definition) is 2. The number of hydrogen-bond donors (Lipinski definition) is 1. The van der Waals surface area contributed by atoms with E-state index in [2.05, 4.69) is 0 Å². The van der Waals surface area contributed by atoms with Crippen molar-refractivity contribution in [3.63, 3.8) is 0 Å². The summed E-state index contributed by atoms with van der Waals surface area (Å²) in [5.74, 6) is -0.255. The first-order chi connectivity index (χ1) is 7.90. The van der Waals surface area contributed by atoms with E-state index < -0.39 is 5.97 Å². The molecule has 17 heavy (non-hydrogen) atoms. The van der Waals surface area contributed by atoms with Crippen LogP contribution in [-0.2, 0) is 9.59 Å². The molecule has 0 amide bonds. The van der Waals surface area contributed by atoms with Crippen LogP contribution in [0.3, 0.4) is 0 Å². The standard InChI is InChI=1S/C14H18O3/c1-9(6-14(16)17)4-5-13-10(2)7-12(15)8-11(13)3/h4-7,11,13H,8H2,1-3H3,(H,16,17)/b5-4+,9-6-/t11?,13-/m0/s1. The summed E-state index contributed by atoms with van der Waals surface area (Å²) in [6, 6.07) is 0. The van der Waals surface area contributed by atoms with Crippen molar-refractivity contribution in [3.05, 3.63) is 35.5 Å². The van der Waals surface area contributed by atoms with Crippen molar-refractivity contribution in [3.8, 4) is 0 Å². The molecule has 1 aliphatic rings. The Balaban J connectivity index is 2.81. The number of carboxylic acid groups (broad SMARTS) is 1. The van der Waals surface area contributed by atoms with Crippen molar-refractivity contribution in [1.82, 2.24) is 0 Å². The first-order valence-corrected chi connectivity index (χ1v) is 5.70. The molecule has 0 aromatic carbocycles. The van der Waals surface area contributed by atoms with Gasteiger partial charge >= 0.3 is 5.97 Å². The van der Waals surface area contributed by atoms with Crippen LogP contribution >= 0.6 is 0 Å². The zero-order chi connectivity index (χ0) is 13.0. The summed E-state index contributed by atoms with van der Waals surface area (Å²) in [5.41, 5.74) is 1.75. The molecule has 2 atom stereocenters. The molecule has 0 spiro atoms. The second-order valence-corrected chi connectivity index (χ2v) is 4.65. The third-order valence-corrected chi connectivity index (χ3v) is 2.97. The maximum absolute atomic E-state index is 11.3. The van der Waals surface area contributed by atoms with Gasteiger partial charge in [0.1, 0.15) is 0 Å². The number of aliphatic carboxylic acids is 1. The molecule has 1 unspecified atom stereocenters. The maximum atomic E-state index is 11.3. The van der Waals surface area contributed by atoms with E-state index in [1.807, 2.05) is 26.0 Å². The van der Waals surface area contributed by atoms with Crippen LogP contribution in [0, 0.1) is 11.8 Å². The van der Waals surface area contributed by atoms with Gasteiger partial charge in [0.25, 0.3) is 0 Å². The number of carboxylic acids is 1. The van der Waals surface area contributed by atoms with E-state index in [1.54, 1.807) is 13.0 Å². The molecule has 0 saturated carbocycles. The quantitative estimate of drug-likeness (QED) is 0.603.